The summed E-state index contributed by atoms with van der Waals surface area (Å²) in [6.45, 7) is 7.34. The molecule has 0 aliphatic carbocycles. The zero-order chi connectivity index (χ0) is 20.3. The molecule has 150 valence electrons. The number of nitrogens with one attached hydrogen (secondary N) is 1. The second-order valence-corrected chi connectivity index (χ2v) is 9.51. The SMILES string of the molecule is CC[NH+](CC)CCN(C(=O)c1ccco1)c1nc2c(S(C)(=O)=O)cccc2s1. The van der Waals surface area contributed by atoms with E-state index in [1.165, 1.54) is 22.5 Å². The monoisotopic (exact) mass is 422 g/mol. The number of quaternary nitrogens is 1. The van der Waals surface area contributed by atoms with E-state index in [9.17, 15) is 13.2 Å². The summed E-state index contributed by atoms with van der Waals surface area (Å²) in [5, 5.41) is 0.471. The molecule has 0 spiro atoms. The first-order valence-corrected chi connectivity index (χ1v) is 11.8. The summed E-state index contributed by atoms with van der Waals surface area (Å²) < 4.78 is 30.2. The van der Waals surface area contributed by atoms with Gasteiger partial charge in [0.05, 0.1) is 42.0 Å². The molecule has 0 unspecified atom stereocenters. The number of para-hydroxylation sites is 1. The van der Waals surface area contributed by atoms with Crippen LogP contribution in [0.15, 0.2) is 45.9 Å². The lowest BCUT2D eigenvalue weighted by Gasteiger charge is -2.22. The average molecular weight is 423 g/mol. The maximum Gasteiger partial charge on any atom is 0.295 e. The van der Waals surface area contributed by atoms with E-state index in [0.717, 1.165) is 30.6 Å². The Morgan fingerprint density at radius 2 is 1.96 bits per heavy atom. The molecule has 0 aliphatic rings. The molecule has 1 amide bonds. The summed E-state index contributed by atoms with van der Waals surface area (Å²) >= 11 is 1.31. The summed E-state index contributed by atoms with van der Waals surface area (Å²) in [4.78, 5) is 20.7. The first kappa shape index (κ1) is 20.5. The lowest BCUT2D eigenvalue weighted by molar-refractivity contribution is -0.894. The topological polar surface area (TPSA) is 84.9 Å². The third-order valence-electron chi connectivity index (χ3n) is 4.67. The third-order valence-corrected chi connectivity index (χ3v) is 6.84. The van der Waals surface area contributed by atoms with E-state index in [0.29, 0.717) is 17.2 Å². The molecule has 7 nitrogen and oxygen atoms in total. The minimum atomic E-state index is -3.42. The van der Waals surface area contributed by atoms with E-state index in [4.69, 9.17) is 4.42 Å². The Kier molecular flexibility index (Phi) is 6.17. The van der Waals surface area contributed by atoms with Crippen molar-refractivity contribution >= 4 is 42.4 Å². The van der Waals surface area contributed by atoms with Crippen LogP contribution in [0.2, 0.25) is 0 Å². The van der Waals surface area contributed by atoms with Gasteiger partial charge in [-0.15, -0.1) is 0 Å². The Labute approximate surface area is 168 Å². The highest BCUT2D eigenvalue weighted by atomic mass is 32.2. The van der Waals surface area contributed by atoms with Crippen LogP contribution >= 0.6 is 11.3 Å². The van der Waals surface area contributed by atoms with Crippen molar-refractivity contribution in [3.05, 3.63) is 42.4 Å². The molecule has 1 aromatic carbocycles. The number of nitrogens with zero attached hydrogens (tertiary/aromatic N) is 2. The summed E-state index contributed by atoms with van der Waals surface area (Å²) in [5.41, 5.74) is 0.400. The zero-order valence-electron chi connectivity index (χ0n) is 16.1. The minimum absolute atomic E-state index is 0.173. The van der Waals surface area contributed by atoms with Crippen LogP contribution in [-0.4, -0.2) is 51.7 Å². The molecule has 2 aromatic heterocycles. The molecule has 9 heteroatoms. The molecular weight excluding hydrogens is 398 g/mol. The number of hydrogen-bond donors (Lipinski definition) is 1. The van der Waals surface area contributed by atoms with Crippen molar-refractivity contribution in [3.63, 3.8) is 0 Å². The number of carbonyl (C=O) groups excluding carboxylic acids is 1. The Hall–Kier alpha value is -2.23. The number of sulfone groups is 1. The Balaban J connectivity index is 2.03. The van der Waals surface area contributed by atoms with Gasteiger partial charge >= 0.3 is 0 Å². The van der Waals surface area contributed by atoms with Gasteiger partial charge in [-0.2, -0.15) is 0 Å². The van der Waals surface area contributed by atoms with Gasteiger partial charge in [-0.25, -0.2) is 13.4 Å². The third kappa shape index (κ3) is 4.26. The van der Waals surface area contributed by atoms with Crippen molar-refractivity contribution in [1.82, 2.24) is 4.98 Å². The number of rotatable bonds is 8. The number of amides is 1. The van der Waals surface area contributed by atoms with Crippen molar-refractivity contribution < 1.29 is 22.5 Å². The lowest BCUT2D eigenvalue weighted by atomic mass is 10.3. The standard InChI is InChI=1S/C19H23N3O4S2/c1-4-21(5-2)11-12-22(18(23)14-8-7-13-26-14)19-20-17-15(27-19)9-6-10-16(17)28(3,24)25/h6-10,13H,4-5,11-12H2,1-3H3/p+1. The van der Waals surface area contributed by atoms with Gasteiger partial charge in [0.15, 0.2) is 20.7 Å². The molecule has 3 rings (SSSR count). The van der Waals surface area contributed by atoms with Gasteiger partial charge in [0, 0.05) is 6.26 Å². The fourth-order valence-electron chi connectivity index (χ4n) is 3.02. The number of benzene rings is 1. The van der Waals surface area contributed by atoms with Crippen molar-refractivity contribution in [1.29, 1.82) is 0 Å². The number of anilines is 1. The maximum atomic E-state index is 13.0. The van der Waals surface area contributed by atoms with E-state index in [1.807, 2.05) is 6.07 Å². The van der Waals surface area contributed by atoms with Gasteiger partial charge in [0.25, 0.3) is 5.91 Å². The molecule has 1 N–H and O–H groups in total. The molecule has 0 radical (unpaired) electrons. The van der Waals surface area contributed by atoms with Crippen molar-refractivity contribution in [3.8, 4) is 0 Å². The summed E-state index contributed by atoms with van der Waals surface area (Å²) in [7, 11) is -3.42. The van der Waals surface area contributed by atoms with Crippen LogP contribution in [0, 0.1) is 0 Å². The molecular formula is C19H24N3O4S2+. The number of aromatic nitrogens is 1. The molecule has 0 atom stereocenters. The molecule has 28 heavy (non-hydrogen) atoms. The highest BCUT2D eigenvalue weighted by Crippen LogP contribution is 2.33. The van der Waals surface area contributed by atoms with Crippen LogP contribution in [0.4, 0.5) is 5.13 Å². The van der Waals surface area contributed by atoms with Crippen LogP contribution in [-0.2, 0) is 9.84 Å². The first-order chi connectivity index (χ1) is 13.3. The molecule has 0 saturated heterocycles. The fraction of sp³-hybridized carbons (Fsp3) is 0.368. The Bertz CT molecular complexity index is 1050. The first-order valence-electron chi connectivity index (χ1n) is 9.13. The smallest absolute Gasteiger partial charge is 0.295 e. The van der Waals surface area contributed by atoms with Crippen LogP contribution in [0.25, 0.3) is 10.2 Å². The predicted molar refractivity (Wildman–Crippen MR) is 110 cm³/mol. The normalized spacial score (nSPS) is 12.0. The van der Waals surface area contributed by atoms with Gasteiger partial charge in [0.1, 0.15) is 5.52 Å². The Morgan fingerprint density at radius 1 is 1.21 bits per heavy atom. The molecule has 0 aliphatic heterocycles. The van der Waals surface area contributed by atoms with Gasteiger partial charge in [-0.05, 0) is 38.1 Å². The molecule has 2 heterocycles. The largest absolute Gasteiger partial charge is 0.459 e. The van der Waals surface area contributed by atoms with Crippen LogP contribution in [0.5, 0.6) is 0 Å². The van der Waals surface area contributed by atoms with Gasteiger partial charge in [-0.1, -0.05) is 17.4 Å². The summed E-state index contributed by atoms with van der Waals surface area (Å²) in [5.74, 6) is -0.0475. The molecule has 0 fully saturated rings. The summed E-state index contributed by atoms with van der Waals surface area (Å²) in [6.07, 6.45) is 2.62. The zero-order valence-corrected chi connectivity index (χ0v) is 17.8. The van der Waals surface area contributed by atoms with Crippen LogP contribution in [0.3, 0.4) is 0 Å². The number of hydrogen-bond acceptors (Lipinski definition) is 6. The number of carbonyl (C=O) groups is 1. The van der Waals surface area contributed by atoms with E-state index in [1.54, 1.807) is 29.2 Å². The van der Waals surface area contributed by atoms with Crippen molar-refractivity contribution in [2.45, 2.75) is 18.7 Å². The van der Waals surface area contributed by atoms with Crippen molar-refractivity contribution in [2.24, 2.45) is 0 Å². The second-order valence-electron chi connectivity index (χ2n) is 6.51. The van der Waals surface area contributed by atoms with Crippen molar-refractivity contribution in [2.75, 3.05) is 37.3 Å². The number of likely N-dealkylation sites (N-methyl/N-ethyl adjacent to an activating group) is 1. The van der Waals surface area contributed by atoms with Gasteiger partial charge in [0.2, 0.25) is 0 Å². The second kappa shape index (κ2) is 8.42. The number of fused-ring (bicyclic) bond motifs is 1. The van der Waals surface area contributed by atoms with Crippen LogP contribution < -0.4 is 9.80 Å². The minimum Gasteiger partial charge on any atom is -0.459 e. The van der Waals surface area contributed by atoms with Gasteiger partial charge < -0.3 is 9.32 Å². The number of thiazole rings is 1. The maximum absolute atomic E-state index is 13.0. The Morgan fingerprint density at radius 3 is 2.57 bits per heavy atom. The van der Waals surface area contributed by atoms with E-state index in [-0.39, 0.29) is 16.6 Å². The lowest BCUT2D eigenvalue weighted by Crippen LogP contribution is -3.12. The van der Waals surface area contributed by atoms with E-state index in [2.05, 4.69) is 18.8 Å². The van der Waals surface area contributed by atoms with Crippen LogP contribution in [0.1, 0.15) is 24.4 Å². The predicted octanol–water partition coefficient (Wildman–Crippen LogP) is 1.86. The molecule has 3 aromatic rings. The fourth-order valence-corrected chi connectivity index (χ4v) is 4.93. The van der Waals surface area contributed by atoms with E-state index >= 15 is 0 Å². The van der Waals surface area contributed by atoms with E-state index < -0.39 is 9.84 Å². The molecule has 0 bridgehead atoms. The molecule has 0 saturated carbocycles. The highest BCUT2D eigenvalue weighted by molar-refractivity contribution is 7.91. The summed E-state index contributed by atoms with van der Waals surface area (Å²) in [6, 6.07) is 8.34. The van der Waals surface area contributed by atoms with Gasteiger partial charge in [-0.3, -0.25) is 9.69 Å². The number of furan rings is 1. The average Bonchev–Trinajstić information content (AvgIpc) is 3.33. The highest BCUT2D eigenvalue weighted by Gasteiger charge is 2.26. The quantitative estimate of drug-likeness (QED) is 0.599.